The topological polar surface area (TPSA) is 60.0 Å². The van der Waals surface area contributed by atoms with E-state index in [1.54, 1.807) is 12.3 Å². The van der Waals surface area contributed by atoms with E-state index in [1.165, 1.54) is 11.9 Å². The van der Waals surface area contributed by atoms with Crippen molar-refractivity contribution in [1.82, 2.24) is 19.8 Å². The Labute approximate surface area is 248 Å². The number of hydrogen-bond donors (Lipinski definition) is 1. The summed E-state index contributed by atoms with van der Waals surface area (Å²) < 4.78 is 24.3. The molecule has 0 radical (unpaired) electrons. The molecule has 8 nitrogen and oxygen atoms in total. The highest BCUT2D eigenvalue weighted by molar-refractivity contribution is 8.00. The van der Waals surface area contributed by atoms with Crippen LogP contribution in [0, 0.1) is 5.82 Å². The second-order valence-electron chi connectivity index (χ2n) is 11.9. The quantitative estimate of drug-likeness (QED) is 0.362. The van der Waals surface area contributed by atoms with Crippen molar-refractivity contribution in [1.29, 1.82) is 0 Å². The number of aromatic nitrogens is 2. The van der Waals surface area contributed by atoms with Gasteiger partial charge in [0.05, 0.1) is 35.7 Å². The third-order valence-electron chi connectivity index (χ3n) is 7.69. The van der Waals surface area contributed by atoms with Crippen LogP contribution in [0.1, 0.15) is 26.3 Å². The minimum Gasteiger partial charge on any atom is -0.378 e. The van der Waals surface area contributed by atoms with Gasteiger partial charge in [0.2, 0.25) is 0 Å². The number of morpholine rings is 1. The van der Waals surface area contributed by atoms with E-state index in [9.17, 15) is 0 Å². The molecule has 2 aliphatic heterocycles. The molecule has 0 amide bonds. The Morgan fingerprint density at radius 2 is 1.73 bits per heavy atom. The molecular formula is C31H42FN7OS. The molecule has 2 aromatic heterocycles. The molecule has 0 spiro atoms. The summed E-state index contributed by atoms with van der Waals surface area (Å²) in [6.45, 7) is 14.8. The zero-order valence-corrected chi connectivity index (χ0v) is 25.7. The summed E-state index contributed by atoms with van der Waals surface area (Å²) in [6.07, 6.45) is 3.64. The zero-order valence-electron chi connectivity index (χ0n) is 24.9. The molecule has 41 heavy (non-hydrogen) atoms. The second-order valence-corrected chi connectivity index (χ2v) is 12.7. The first-order chi connectivity index (χ1) is 19.7. The number of hydrogen-bond acceptors (Lipinski definition) is 9. The van der Waals surface area contributed by atoms with Gasteiger partial charge in [-0.15, -0.1) is 0 Å². The molecule has 1 aromatic carbocycles. The number of ether oxygens (including phenoxy) is 1. The number of nitrogens with zero attached hydrogens (tertiary/aromatic N) is 6. The van der Waals surface area contributed by atoms with Crippen LogP contribution in [-0.4, -0.2) is 91.9 Å². The standard InChI is InChI=1S/C31H42FN7OS/c1-31(2,3)39-12-10-37(11-13-39)22-23-6-7-26(27(32)18-23)28-19-24(8-9-33-28)35-41-29-20-25(21-34-30(29)36(4)5)38-14-16-40-17-15-38/h6-9,18-21H,10-17,22H2,1-5H3,(H,33,35). The maximum Gasteiger partial charge on any atom is 0.143 e. The lowest BCUT2D eigenvalue weighted by atomic mass is 10.0. The molecule has 0 saturated carbocycles. The molecule has 2 saturated heterocycles. The number of halogens is 1. The Hall–Kier alpha value is -2.92. The Morgan fingerprint density at radius 3 is 2.41 bits per heavy atom. The fraction of sp³-hybridized carbons (Fsp3) is 0.484. The first-order valence-electron chi connectivity index (χ1n) is 14.3. The van der Waals surface area contributed by atoms with Crippen LogP contribution in [0.4, 0.5) is 21.6 Å². The highest BCUT2D eigenvalue weighted by Gasteiger charge is 2.26. The first kappa shape index (κ1) is 29.6. The van der Waals surface area contributed by atoms with Crippen LogP contribution in [0.5, 0.6) is 0 Å². The van der Waals surface area contributed by atoms with Crippen LogP contribution in [0.15, 0.2) is 53.7 Å². The van der Waals surface area contributed by atoms with Crippen molar-refractivity contribution in [3.8, 4) is 11.3 Å². The maximum atomic E-state index is 15.3. The number of piperazine rings is 1. The van der Waals surface area contributed by atoms with E-state index in [0.29, 0.717) is 11.3 Å². The van der Waals surface area contributed by atoms with Crippen LogP contribution in [-0.2, 0) is 11.3 Å². The fourth-order valence-corrected chi connectivity index (χ4v) is 6.15. The van der Waals surface area contributed by atoms with E-state index in [4.69, 9.17) is 9.72 Å². The van der Waals surface area contributed by atoms with Crippen LogP contribution in [0.3, 0.4) is 0 Å². The smallest absolute Gasteiger partial charge is 0.143 e. The van der Waals surface area contributed by atoms with Gasteiger partial charge in [-0.3, -0.25) is 14.8 Å². The number of benzene rings is 1. The summed E-state index contributed by atoms with van der Waals surface area (Å²) in [5.41, 5.74) is 4.21. The number of nitrogens with one attached hydrogen (secondary N) is 1. The van der Waals surface area contributed by atoms with E-state index < -0.39 is 0 Å². The summed E-state index contributed by atoms with van der Waals surface area (Å²) in [7, 11) is 3.98. The van der Waals surface area contributed by atoms with Gasteiger partial charge in [0, 0.05) is 82.9 Å². The Balaban J connectivity index is 1.25. The molecule has 2 fully saturated rings. The van der Waals surface area contributed by atoms with Crippen molar-refractivity contribution in [3.05, 3.63) is 60.2 Å². The second kappa shape index (κ2) is 12.9. The summed E-state index contributed by atoms with van der Waals surface area (Å²) in [4.78, 5) is 19.4. The molecular weight excluding hydrogens is 537 g/mol. The lowest BCUT2D eigenvalue weighted by molar-refractivity contribution is 0.0591. The first-order valence-corrected chi connectivity index (χ1v) is 15.1. The lowest BCUT2D eigenvalue weighted by Gasteiger charge is -2.42. The van der Waals surface area contributed by atoms with Crippen LogP contribution in [0.2, 0.25) is 0 Å². The maximum absolute atomic E-state index is 15.3. The average Bonchev–Trinajstić information content (AvgIpc) is 2.96. The van der Waals surface area contributed by atoms with Crippen LogP contribution < -0.4 is 14.5 Å². The normalized spacial score (nSPS) is 17.1. The van der Waals surface area contributed by atoms with E-state index in [-0.39, 0.29) is 11.4 Å². The molecule has 2 aliphatic rings. The van der Waals surface area contributed by atoms with Crippen LogP contribution in [0.25, 0.3) is 11.3 Å². The van der Waals surface area contributed by atoms with Gasteiger partial charge < -0.3 is 19.3 Å². The largest absolute Gasteiger partial charge is 0.378 e. The molecule has 5 rings (SSSR count). The highest BCUT2D eigenvalue weighted by Crippen LogP contribution is 2.33. The van der Waals surface area contributed by atoms with Crippen molar-refractivity contribution in [3.63, 3.8) is 0 Å². The van der Waals surface area contributed by atoms with E-state index in [0.717, 1.165) is 86.7 Å². The highest BCUT2D eigenvalue weighted by atomic mass is 32.2. The lowest BCUT2D eigenvalue weighted by Crippen LogP contribution is -2.53. The van der Waals surface area contributed by atoms with Gasteiger partial charge in [0.25, 0.3) is 0 Å². The van der Waals surface area contributed by atoms with Gasteiger partial charge in [-0.05, 0) is 68.6 Å². The Morgan fingerprint density at radius 1 is 0.976 bits per heavy atom. The van der Waals surface area contributed by atoms with E-state index in [1.807, 2.05) is 49.5 Å². The third-order valence-corrected chi connectivity index (χ3v) is 8.55. The Bertz CT molecular complexity index is 1320. The van der Waals surface area contributed by atoms with Crippen molar-refractivity contribution >= 4 is 29.1 Å². The molecule has 4 heterocycles. The van der Waals surface area contributed by atoms with E-state index >= 15 is 4.39 Å². The molecule has 0 unspecified atom stereocenters. The summed E-state index contributed by atoms with van der Waals surface area (Å²) in [5, 5.41) is 0. The van der Waals surface area contributed by atoms with Gasteiger partial charge in [-0.25, -0.2) is 9.37 Å². The van der Waals surface area contributed by atoms with Gasteiger partial charge in [0.1, 0.15) is 11.6 Å². The van der Waals surface area contributed by atoms with E-state index in [2.05, 4.69) is 51.2 Å². The zero-order chi connectivity index (χ0) is 29.0. The summed E-state index contributed by atoms with van der Waals surface area (Å²) >= 11 is 1.50. The molecule has 0 bridgehead atoms. The minimum absolute atomic E-state index is 0.188. The number of rotatable bonds is 8. The number of pyridine rings is 2. The summed E-state index contributed by atoms with van der Waals surface area (Å²) in [6, 6.07) is 11.5. The van der Waals surface area contributed by atoms with Gasteiger partial charge in [-0.2, -0.15) is 0 Å². The van der Waals surface area contributed by atoms with Crippen molar-refractivity contribution in [2.24, 2.45) is 0 Å². The summed E-state index contributed by atoms with van der Waals surface area (Å²) in [5.74, 6) is 0.640. The van der Waals surface area contributed by atoms with Crippen molar-refractivity contribution < 1.29 is 9.13 Å². The fourth-order valence-electron chi connectivity index (χ4n) is 5.29. The minimum atomic E-state index is -0.245. The molecule has 220 valence electrons. The molecule has 10 heteroatoms. The van der Waals surface area contributed by atoms with Gasteiger partial charge >= 0.3 is 0 Å². The third kappa shape index (κ3) is 7.48. The van der Waals surface area contributed by atoms with Gasteiger partial charge in [0.15, 0.2) is 0 Å². The van der Waals surface area contributed by atoms with Crippen LogP contribution >= 0.6 is 11.9 Å². The van der Waals surface area contributed by atoms with Gasteiger partial charge in [-0.1, -0.05) is 6.07 Å². The SMILES string of the molecule is CN(C)c1ncc(N2CCOCC2)cc1SNc1ccnc(-c2ccc(CN3CCN(C(C)(C)C)CC3)cc2F)c1. The monoisotopic (exact) mass is 579 g/mol. The predicted molar refractivity (Wildman–Crippen MR) is 167 cm³/mol. The molecule has 3 aromatic rings. The molecule has 0 aliphatic carbocycles. The molecule has 0 atom stereocenters. The van der Waals surface area contributed by atoms with Crippen molar-refractivity contribution in [2.45, 2.75) is 37.8 Å². The number of anilines is 3. The average molecular weight is 580 g/mol. The van der Waals surface area contributed by atoms with Crippen molar-refractivity contribution in [2.75, 3.05) is 81.1 Å². The Kier molecular flexibility index (Phi) is 9.33. The predicted octanol–water partition coefficient (Wildman–Crippen LogP) is 5.22. The molecule has 1 N–H and O–H groups in total.